The Hall–Kier alpha value is -3.43. The fourth-order valence-corrected chi connectivity index (χ4v) is 4.34. The van der Waals surface area contributed by atoms with Gasteiger partial charge in [0.2, 0.25) is 5.82 Å². The minimum absolute atomic E-state index is 0.313. The van der Waals surface area contributed by atoms with Crippen LogP contribution in [0, 0.1) is 5.82 Å². The summed E-state index contributed by atoms with van der Waals surface area (Å²) in [5.41, 5.74) is 2.87. The number of hydrogen-bond acceptors (Lipinski definition) is 7. The van der Waals surface area contributed by atoms with Crippen molar-refractivity contribution in [2.45, 2.75) is 25.4 Å². The number of hydrogen-bond donors (Lipinski definition) is 1. The van der Waals surface area contributed by atoms with Crippen molar-refractivity contribution in [3.8, 4) is 11.5 Å². The highest BCUT2D eigenvalue weighted by atomic mass is 19.1. The number of aromatic nitrogens is 5. The fourth-order valence-electron chi connectivity index (χ4n) is 4.34. The normalized spacial score (nSPS) is 15.4. The molecule has 5 rings (SSSR count). The van der Waals surface area contributed by atoms with Crippen molar-refractivity contribution in [2.75, 3.05) is 32.5 Å². The van der Waals surface area contributed by atoms with Gasteiger partial charge in [-0.2, -0.15) is 0 Å². The lowest BCUT2D eigenvalue weighted by Gasteiger charge is -2.35. The molecule has 0 bridgehead atoms. The van der Waals surface area contributed by atoms with E-state index in [2.05, 4.69) is 45.2 Å². The average molecular weight is 447 g/mol. The summed E-state index contributed by atoms with van der Waals surface area (Å²) in [6.45, 7) is 2.97. The molecule has 0 saturated carbocycles. The third-order valence-electron chi connectivity index (χ3n) is 6.25. The molecule has 0 atom stereocenters. The SMILES string of the molecule is CN1CCC(N(C)Cc2ccn3nc(-c4ccccn4)nc(Nc4ccncc4F)c23)CC1. The van der Waals surface area contributed by atoms with E-state index in [0.29, 0.717) is 29.1 Å². The second-order valence-electron chi connectivity index (χ2n) is 8.56. The standard InChI is InChI=1S/C24H27FN8/c1-31-12-8-18(9-13-31)32(2)16-17-7-14-33-22(17)24(28-20-6-11-26-15-19(20)25)29-23(30-33)21-5-3-4-10-27-21/h3-7,10-11,14-15,18H,8-9,12-13,16H2,1-2H3,(H,26,28,29,30). The predicted octanol–water partition coefficient (Wildman–Crippen LogP) is 3.60. The summed E-state index contributed by atoms with van der Waals surface area (Å²) in [6, 6.07) is 9.78. The lowest BCUT2D eigenvalue weighted by molar-refractivity contribution is 0.139. The van der Waals surface area contributed by atoms with Crippen molar-refractivity contribution in [2.24, 2.45) is 0 Å². The Morgan fingerprint density at radius 3 is 2.76 bits per heavy atom. The zero-order valence-corrected chi connectivity index (χ0v) is 18.8. The molecule has 0 unspecified atom stereocenters. The van der Waals surface area contributed by atoms with Gasteiger partial charge in [-0.05, 0) is 69.9 Å². The van der Waals surface area contributed by atoms with Gasteiger partial charge in [0.15, 0.2) is 11.6 Å². The second-order valence-corrected chi connectivity index (χ2v) is 8.56. The van der Waals surface area contributed by atoms with Crippen LogP contribution < -0.4 is 5.32 Å². The van der Waals surface area contributed by atoms with Gasteiger partial charge in [-0.15, -0.1) is 5.10 Å². The third kappa shape index (κ3) is 4.55. The summed E-state index contributed by atoms with van der Waals surface area (Å²) in [6.07, 6.45) is 8.66. The highest BCUT2D eigenvalue weighted by Gasteiger charge is 2.23. The van der Waals surface area contributed by atoms with Crippen LogP contribution in [0.25, 0.3) is 17.0 Å². The Morgan fingerprint density at radius 1 is 1.15 bits per heavy atom. The van der Waals surface area contributed by atoms with E-state index in [0.717, 1.165) is 43.6 Å². The first-order valence-corrected chi connectivity index (χ1v) is 11.1. The molecule has 9 heteroatoms. The Labute approximate surface area is 192 Å². The molecular formula is C24H27FN8. The number of pyridine rings is 2. The molecule has 0 aromatic carbocycles. The van der Waals surface area contributed by atoms with Crippen LogP contribution in [0.4, 0.5) is 15.9 Å². The molecule has 5 heterocycles. The van der Waals surface area contributed by atoms with E-state index >= 15 is 0 Å². The van der Waals surface area contributed by atoms with Crippen LogP contribution in [0.3, 0.4) is 0 Å². The smallest absolute Gasteiger partial charge is 0.200 e. The maximum Gasteiger partial charge on any atom is 0.200 e. The molecule has 33 heavy (non-hydrogen) atoms. The Bertz CT molecular complexity index is 1230. The van der Waals surface area contributed by atoms with Crippen LogP contribution in [0.15, 0.2) is 55.1 Å². The molecule has 1 aliphatic heterocycles. The lowest BCUT2D eigenvalue weighted by atomic mass is 10.0. The van der Waals surface area contributed by atoms with E-state index in [9.17, 15) is 4.39 Å². The molecule has 0 amide bonds. The first-order valence-electron chi connectivity index (χ1n) is 11.1. The number of rotatable bonds is 6. The first-order chi connectivity index (χ1) is 16.1. The summed E-state index contributed by atoms with van der Waals surface area (Å²) in [5.74, 6) is 0.559. The molecule has 0 spiro atoms. The van der Waals surface area contributed by atoms with Crippen molar-refractivity contribution >= 4 is 17.0 Å². The van der Waals surface area contributed by atoms with Crippen LogP contribution in [0.1, 0.15) is 18.4 Å². The molecule has 1 fully saturated rings. The number of nitrogens with zero attached hydrogens (tertiary/aromatic N) is 7. The lowest BCUT2D eigenvalue weighted by Crippen LogP contribution is -2.41. The minimum atomic E-state index is -0.440. The maximum atomic E-state index is 14.4. The summed E-state index contributed by atoms with van der Waals surface area (Å²) < 4.78 is 16.2. The van der Waals surface area contributed by atoms with E-state index in [-0.39, 0.29) is 0 Å². The molecule has 1 saturated heterocycles. The van der Waals surface area contributed by atoms with Gasteiger partial charge >= 0.3 is 0 Å². The Kier molecular flexibility index (Phi) is 5.97. The van der Waals surface area contributed by atoms with Crippen LogP contribution >= 0.6 is 0 Å². The van der Waals surface area contributed by atoms with Crippen LogP contribution in [0.5, 0.6) is 0 Å². The highest BCUT2D eigenvalue weighted by molar-refractivity contribution is 5.78. The summed E-state index contributed by atoms with van der Waals surface area (Å²) >= 11 is 0. The zero-order valence-electron chi connectivity index (χ0n) is 18.8. The van der Waals surface area contributed by atoms with Gasteiger partial charge in [-0.25, -0.2) is 13.9 Å². The molecule has 8 nitrogen and oxygen atoms in total. The number of fused-ring (bicyclic) bond motifs is 1. The minimum Gasteiger partial charge on any atom is -0.336 e. The van der Waals surface area contributed by atoms with Gasteiger partial charge in [0.25, 0.3) is 0 Å². The molecular weight excluding hydrogens is 419 g/mol. The predicted molar refractivity (Wildman–Crippen MR) is 126 cm³/mol. The third-order valence-corrected chi connectivity index (χ3v) is 6.25. The summed E-state index contributed by atoms with van der Waals surface area (Å²) in [4.78, 5) is 17.7. The van der Waals surface area contributed by atoms with Gasteiger partial charge in [-0.3, -0.25) is 14.9 Å². The number of anilines is 2. The Morgan fingerprint density at radius 2 is 2.00 bits per heavy atom. The molecule has 4 aromatic rings. The van der Waals surface area contributed by atoms with E-state index in [1.165, 1.54) is 6.20 Å². The second kappa shape index (κ2) is 9.21. The summed E-state index contributed by atoms with van der Waals surface area (Å²) in [7, 11) is 4.34. The van der Waals surface area contributed by atoms with Crippen molar-refractivity contribution in [1.82, 2.24) is 34.4 Å². The van der Waals surface area contributed by atoms with Gasteiger partial charge in [0.05, 0.1) is 11.9 Å². The topological polar surface area (TPSA) is 74.5 Å². The van der Waals surface area contributed by atoms with Crippen molar-refractivity contribution in [3.63, 3.8) is 0 Å². The highest BCUT2D eigenvalue weighted by Crippen LogP contribution is 2.28. The maximum absolute atomic E-state index is 14.4. The van der Waals surface area contributed by atoms with E-state index < -0.39 is 5.82 Å². The molecule has 1 N–H and O–H groups in total. The van der Waals surface area contributed by atoms with Gasteiger partial charge in [0, 0.05) is 31.2 Å². The summed E-state index contributed by atoms with van der Waals surface area (Å²) in [5, 5.41) is 7.86. The van der Waals surface area contributed by atoms with Crippen LogP contribution in [-0.2, 0) is 6.54 Å². The van der Waals surface area contributed by atoms with E-state index in [1.54, 1.807) is 23.0 Å². The average Bonchev–Trinajstić information content (AvgIpc) is 3.24. The number of nitrogens with one attached hydrogen (secondary N) is 1. The molecule has 0 radical (unpaired) electrons. The van der Waals surface area contributed by atoms with Crippen molar-refractivity contribution in [1.29, 1.82) is 0 Å². The van der Waals surface area contributed by atoms with Crippen molar-refractivity contribution in [3.05, 3.63) is 66.5 Å². The van der Waals surface area contributed by atoms with Gasteiger partial charge in [0.1, 0.15) is 11.2 Å². The number of halogens is 1. The molecule has 170 valence electrons. The fraction of sp³-hybridized carbons (Fsp3) is 0.333. The van der Waals surface area contributed by atoms with Gasteiger partial charge in [-0.1, -0.05) is 6.07 Å². The van der Waals surface area contributed by atoms with Crippen molar-refractivity contribution < 1.29 is 4.39 Å². The van der Waals surface area contributed by atoms with Crippen LogP contribution in [0.2, 0.25) is 0 Å². The quantitative estimate of drug-likeness (QED) is 0.485. The monoisotopic (exact) mass is 446 g/mol. The number of likely N-dealkylation sites (tertiary alicyclic amines) is 1. The number of piperidine rings is 1. The van der Waals surface area contributed by atoms with E-state index in [4.69, 9.17) is 10.1 Å². The molecule has 0 aliphatic carbocycles. The molecule has 4 aromatic heterocycles. The molecule has 1 aliphatic rings. The largest absolute Gasteiger partial charge is 0.336 e. The first kappa shape index (κ1) is 21.4. The zero-order chi connectivity index (χ0) is 22.8. The Balaban J connectivity index is 1.53. The van der Waals surface area contributed by atoms with Gasteiger partial charge < -0.3 is 10.2 Å². The van der Waals surface area contributed by atoms with E-state index in [1.807, 2.05) is 24.4 Å². The van der Waals surface area contributed by atoms with Crippen LogP contribution in [-0.4, -0.2) is 67.6 Å².